The van der Waals surface area contributed by atoms with E-state index in [0.717, 1.165) is 39.0 Å². The number of hydrogen-bond acceptors (Lipinski definition) is 0. The van der Waals surface area contributed by atoms with Crippen molar-refractivity contribution < 1.29 is 8.78 Å². The fourth-order valence-corrected chi connectivity index (χ4v) is 1.14. The predicted octanol–water partition coefficient (Wildman–Crippen LogP) is 4.21. The van der Waals surface area contributed by atoms with Crippen molar-refractivity contribution >= 4 is 0 Å². The Bertz CT molecular complexity index is 94.5. The highest BCUT2D eigenvalue weighted by atomic mass is 19.3. The topological polar surface area (TPSA) is 0 Å². The van der Waals surface area contributed by atoms with E-state index in [9.17, 15) is 8.78 Å². The third-order valence-corrected chi connectivity index (χ3v) is 1.87. The largest absolute Gasteiger partial charge is 0.245 e. The van der Waals surface area contributed by atoms with Gasteiger partial charge in [0.15, 0.2) is 0 Å². The minimum Gasteiger partial charge on any atom is -0.207 e. The molecule has 12 heavy (non-hydrogen) atoms. The highest BCUT2D eigenvalue weighted by molar-refractivity contribution is 4.57. The molecule has 0 aromatic rings. The van der Waals surface area contributed by atoms with Gasteiger partial charge in [-0.1, -0.05) is 39.0 Å². The number of rotatable bonds is 7. The second kappa shape index (κ2) is 6.38. The average Bonchev–Trinajstić information content (AvgIpc) is 1.94. The van der Waals surface area contributed by atoms with E-state index in [2.05, 4.69) is 6.92 Å². The molecule has 0 fully saturated rings. The minimum atomic E-state index is -2.47. The van der Waals surface area contributed by atoms with Gasteiger partial charge in [-0.15, -0.1) is 0 Å². The molecule has 0 amide bonds. The first-order valence-corrected chi connectivity index (χ1v) is 4.73. The van der Waals surface area contributed by atoms with Gasteiger partial charge in [-0.3, -0.25) is 0 Å². The van der Waals surface area contributed by atoms with Crippen LogP contribution in [0.25, 0.3) is 0 Å². The quantitative estimate of drug-likeness (QED) is 0.511. The lowest BCUT2D eigenvalue weighted by Gasteiger charge is -2.08. The fraction of sp³-hybridized carbons (Fsp3) is 0.900. The van der Waals surface area contributed by atoms with E-state index in [1.165, 1.54) is 0 Å². The molecule has 0 saturated heterocycles. The molecule has 0 nitrogen and oxygen atoms in total. The van der Waals surface area contributed by atoms with Crippen LogP contribution in [0.1, 0.15) is 51.9 Å². The Kier molecular flexibility index (Phi) is 6.31. The summed E-state index contributed by atoms with van der Waals surface area (Å²) in [5, 5.41) is 0. The van der Waals surface area contributed by atoms with E-state index in [0.29, 0.717) is 6.42 Å². The molecule has 0 aromatic carbocycles. The van der Waals surface area contributed by atoms with Crippen LogP contribution >= 0.6 is 0 Å². The third-order valence-electron chi connectivity index (χ3n) is 1.87. The molecule has 0 atom stereocenters. The summed E-state index contributed by atoms with van der Waals surface area (Å²) < 4.78 is 24.6. The van der Waals surface area contributed by atoms with Crippen molar-refractivity contribution in [3.05, 3.63) is 6.92 Å². The van der Waals surface area contributed by atoms with Crippen molar-refractivity contribution in [3.63, 3.8) is 0 Å². The number of hydrogen-bond donors (Lipinski definition) is 0. The van der Waals surface area contributed by atoms with Crippen molar-refractivity contribution in [1.82, 2.24) is 0 Å². The van der Waals surface area contributed by atoms with Gasteiger partial charge in [0, 0.05) is 6.42 Å². The third kappa shape index (κ3) is 9.86. The van der Waals surface area contributed by atoms with Gasteiger partial charge in [-0.05, 0) is 13.3 Å². The summed E-state index contributed by atoms with van der Waals surface area (Å²) in [5.74, 6) is -2.47. The normalized spacial score (nSPS) is 12.0. The first kappa shape index (κ1) is 11.9. The molecule has 0 aromatic heterocycles. The lowest BCUT2D eigenvalue weighted by Crippen LogP contribution is -2.08. The van der Waals surface area contributed by atoms with Crippen molar-refractivity contribution in [3.8, 4) is 0 Å². The van der Waals surface area contributed by atoms with E-state index in [-0.39, 0.29) is 6.42 Å². The molecule has 0 aliphatic rings. The molecule has 0 N–H and O–H groups in total. The maximum absolute atomic E-state index is 12.3. The fourth-order valence-electron chi connectivity index (χ4n) is 1.14. The Labute approximate surface area is 74.4 Å². The lowest BCUT2D eigenvalue weighted by atomic mass is 10.1. The monoisotopic (exact) mass is 177 g/mol. The molecule has 0 aliphatic heterocycles. The van der Waals surface area contributed by atoms with Crippen molar-refractivity contribution in [2.75, 3.05) is 0 Å². The Morgan fingerprint density at radius 3 is 2.00 bits per heavy atom. The lowest BCUT2D eigenvalue weighted by molar-refractivity contribution is 0.0103. The zero-order valence-corrected chi connectivity index (χ0v) is 7.91. The van der Waals surface area contributed by atoms with Crippen molar-refractivity contribution in [1.29, 1.82) is 0 Å². The van der Waals surface area contributed by atoms with Crippen LogP contribution in [-0.2, 0) is 0 Å². The van der Waals surface area contributed by atoms with Gasteiger partial charge in [0.1, 0.15) is 0 Å². The van der Waals surface area contributed by atoms with Crippen LogP contribution in [0.3, 0.4) is 0 Å². The second-order valence-corrected chi connectivity index (χ2v) is 3.44. The highest BCUT2D eigenvalue weighted by Crippen LogP contribution is 2.20. The summed E-state index contributed by atoms with van der Waals surface area (Å²) in [7, 11) is 0. The Hall–Kier alpha value is -0.140. The first-order valence-electron chi connectivity index (χ1n) is 4.73. The zero-order valence-electron chi connectivity index (χ0n) is 7.91. The molecular weight excluding hydrogens is 158 g/mol. The number of alkyl halides is 2. The van der Waals surface area contributed by atoms with Gasteiger partial charge in [0.2, 0.25) is 5.92 Å². The molecule has 0 saturated carbocycles. The molecule has 73 valence electrons. The molecule has 0 heterocycles. The van der Waals surface area contributed by atoms with Crippen LogP contribution < -0.4 is 0 Å². The maximum Gasteiger partial charge on any atom is 0.245 e. The zero-order chi connectivity index (χ0) is 9.45. The van der Waals surface area contributed by atoms with Crippen LogP contribution in [0, 0.1) is 6.92 Å². The Morgan fingerprint density at radius 1 is 1.00 bits per heavy atom. The Balaban J connectivity index is 3.01. The molecular formula is C10H19F2. The van der Waals surface area contributed by atoms with Gasteiger partial charge in [-0.2, -0.15) is 0 Å². The molecule has 0 aliphatic carbocycles. The summed E-state index contributed by atoms with van der Waals surface area (Å²) >= 11 is 0. The summed E-state index contributed by atoms with van der Waals surface area (Å²) in [6, 6.07) is 0. The molecule has 1 radical (unpaired) electrons. The standard InChI is InChI=1S/C10H19F2/c1-3-4-5-6-7-8-9-10(2,11)12/h1,3-9H2,2H3. The summed E-state index contributed by atoms with van der Waals surface area (Å²) in [5.41, 5.74) is 0. The number of halogens is 2. The molecule has 0 bridgehead atoms. The van der Waals surface area contributed by atoms with E-state index in [1.54, 1.807) is 0 Å². The average molecular weight is 177 g/mol. The van der Waals surface area contributed by atoms with Gasteiger partial charge >= 0.3 is 0 Å². The van der Waals surface area contributed by atoms with Crippen LogP contribution in [-0.4, -0.2) is 5.92 Å². The van der Waals surface area contributed by atoms with Gasteiger partial charge < -0.3 is 0 Å². The number of unbranched alkanes of at least 4 members (excludes halogenated alkanes) is 5. The molecule has 0 unspecified atom stereocenters. The predicted molar refractivity (Wildman–Crippen MR) is 48.3 cm³/mol. The molecule has 0 rings (SSSR count). The SMILES string of the molecule is [CH2]CCCCCCCC(C)(F)F. The summed E-state index contributed by atoms with van der Waals surface area (Å²) in [6.45, 7) is 4.71. The van der Waals surface area contributed by atoms with Crippen LogP contribution in [0.4, 0.5) is 8.78 Å². The summed E-state index contributed by atoms with van der Waals surface area (Å²) in [6.07, 6.45) is 5.93. The van der Waals surface area contributed by atoms with Gasteiger partial charge in [0.25, 0.3) is 0 Å². The van der Waals surface area contributed by atoms with E-state index >= 15 is 0 Å². The highest BCUT2D eigenvalue weighted by Gasteiger charge is 2.19. The molecule has 0 spiro atoms. The van der Waals surface area contributed by atoms with E-state index in [1.807, 2.05) is 0 Å². The van der Waals surface area contributed by atoms with Gasteiger partial charge in [-0.25, -0.2) is 8.78 Å². The van der Waals surface area contributed by atoms with E-state index < -0.39 is 5.92 Å². The van der Waals surface area contributed by atoms with Crippen LogP contribution in [0.5, 0.6) is 0 Å². The van der Waals surface area contributed by atoms with Crippen LogP contribution in [0.15, 0.2) is 0 Å². The summed E-state index contributed by atoms with van der Waals surface area (Å²) in [4.78, 5) is 0. The maximum atomic E-state index is 12.3. The van der Waals surface area contributed by atoms with Crippen molar-refractivity contribution in [2.45, 2.75) is 57.8 Å². The molecule has 2 heteroatoms. The first-order chi connectivity index (χ1) is 5.56. The van der Waals surface area contributed by atoms with Crippen LogP contribution in [0.2, 0.25) is 0 Å². The van der Waals surface area contributed by atoms with Crippen molar-refractivity contribution in [2.24, 2.45) is 0 Å². The van der Waals surface area contributed by atoms with E-state index in [4.69, 9.17) is 0 Å². The Morgan fingerprint density at radius 2 is 1.50 bits per heavy atom. The smallest absolute Gasteiger partial charge is 0.207 e. The van der Waals surface area contributed by atoms with Gasteiger partial charge in [0.05, 0.1) is 0 Å². The second-order valence-electron chi connectivity index (χ2n) is 3.44. The minimum absolute atomic E-state index is 0.0391.